The van der Waals surface area contributed by atoms with Gasteiger partial charge in [-0.15, -0.1) is 0 Å². The van der Waals surface area contributed by atoms with Gasteiger partial charge in [0.05, 0.1) is 23.6 Å². The first-order chi connectivity index (χ1) is 14.6. The van der Waals surface area contributed by atoms with Crippen molar-refractivity contribution in [3.63, 3.8) is 0 Å². The number of carbonyl (C=O) groups excluding carboxylic acids is 1. The molecule has 2 heterocycles. The summed E-state index contributed by atoms with van der Waals surface area (Å²) in [6, 6.07) is 17.9. The Morgan fingerprint density at radius 1 is 1.00 bits per heavy atom. The largest absolute Gasteiger partial charge is 0.339 e. The van der Waals surface area contributed by atoms with E-state index in [2.05, 4.69) is 15.2 Å². The predicted octanol–water partition coefficient (Wildman–Crippen LogP) is 3.61. The summed E-state index contributed by atoms with van der Waals surface area (Å²) in [5.74, 6) is 0.107. The van der Waals surface area contributed by atoms with Crippen LogP contribution in [0, 0.1) is 0 Å². The van der Waals surface area contributed by atoms with Gasteiger partial charge in [-0.25, -0.2) is 14.3 Å². The first-order valence-corrected chi connectivity index (χ1v) is 9.91. The van der Waals surface area contributed by atoms with Crippen molar-refractivity contribution in [3.8, 4) is 11.4 Å². The zero-order valence-electron chi connectivity index (χ0n) is 17.1. The first-order valence-electron chi connectivity index (χ1n) is 9.91. The van der Waals surface area contributed by atoms with Crippen molar-refractivity contribution in [3.05, 3.63) is 90.8 Å². The van der Waals surface area contributed by atoms with Crippen molar-refractivity contribution in [1.82, 2.24) is 29.4 Å². The van der Waals surface area contributed by atoms with Gasteiger partial charge in [0.1, 0.15) is 12.7 Å². The van der Waals surface area contributed by atoms with Gasteiger partial charge in [-0.2, -0.15) is 10.2 Å². The van der Waals surface area contributed by atoms with E-state index in [1.807, 2.05) is 85.6 Å². The fourth-order valence-electron chi connectivity index (χ4n) is 3.33. The highest BCUT2D eigenvalue weighted by molar-refractivity contribution is 5.76. The molecule has 0 aliphatic rings. The molecule has 0 fully saturated rings. The number of aryl methyl sites for hydroxylation is 1. The number of nitrogens with zero attached hydrogens (tertiary/aromatic N) is 6. The molecule has 7 heteroatoms. The molecule has 4 rings (SSSR count). The molecule has 1 unspecified atom stereocenters. The number of hydrogen-bond acceptors (Lipinski definition) is 4. The summed E-state index contributed by atoms with van der Waals surface area (Å²) in [6.45, 7) is 2.04. The fourth-order valence-corrected chi connectivity index (χ4v) is 3.33. The second-order valence-electron chi connectivity index (χ2n) is 7.24. The summed E-state index contributed by atoms with van der Waals surface area (Å²) in [4.78, 5) is 18.5. The zero-order valence-corrected chi connectivity index (χ0v) is 17.1. The Hall–Kier alpha value is -3.74. The molecule has 152 valence electrons. The quantitative estimate of drug-likeness (QED) is 0.475. The van der Waals surface area contributed by atoms with Crippen LogP contribution in [0.25, 0.3) is 11.4 Å². The molecule has 0 aliphatic carbocycles. The number of aromatic nitrogens is 5. The minimum atomic E-state index is -0.0191. The van der Waals surface area contributed by atoms with E-state index in [1.54, 1.807) is 15.9 Å². The molecular formula is C23H24N6O. The van der Waals surface area contributed by atoms with Crippen LogP contribution in [0.2, 0.25) is 0 Å². The van der Waals surface area contributed by atoms with E-state index in [1.165, 1.54) is 6.33 Å². The number of benzene rings is 2. The van der Waals surface area contributed by atoms with Crippen molar-refractivity contribution in [2.24, 2.45) is 0 Å². The van der Waals surface area contributed by atoms with Gasteiger partial charge >= 0.3 is 0 Å². The third-order valence-corrected chi connectivity index (χ3v) is 5.32. The molecule has 30 heavy (non-hydrogen) atoms. The lowest BCUT2D eigenvalue weighted by atomic mass is 10.1. The van der Waals surface area contributed by atoms with Crippen molar-refractivity contribution >= 4 is 5.91 Å². The maximum Gasteiger partial charge on any atom is 0.223 e. The second kappa shape index (κ2) is 8.73. The molecule has 2 aromatic heterocycles. The number of carbonyl (C=O) groups is 1. The van der Waals surface area contributed by atoms with Crippen LogP contribution >= 0.6 is 0 Å². The maximum absolute atomic E-state index is 12.7. The van der Waals surface area contributed by atoms with Gasteiger partial charge in [0.15, 0.2) is 0 Å². The molecule has 0 radical (unpaired) electrons. The molecule has 0 saturated carbocycles. The Kier molecular flexibility index (Phi) is 5.70. The highest BCUT2D eigenvalue weighted by Crippen LogP contribution is 2.21. The van der Waals surface area contributed by atoms with Gasteiger partial charge in [0.2, 0.25) is 5.91 Å². The van der Waals surface area contributed by atoms with E-state index in [-0.39, 0.29) is 11.9 Å². The number of para-hydroxylation sites is 1. The molecule has 0 N–H and O–H groups in total. The SMILES string of the molecule is CC(c1ccc(-n2cncn2)cc1)N(C)C(=O)CCc1cnn(-c2ccccc2)c1. The predicted molar refractivity (Wildman–Crippen MR) is 114 cm³/mol. The normalized spacial score (nSPS) is 11.9. The van der Waals surface area contributed by atoms with Crippen molar-refractivity contribution in [2.75, 3.05) is 7.05 Å². The number of hydrogen-bond donors (Lipinski definition) is 0. The van der Waals surface area contributed by atoms with E-state index in [9.17, 15) is 4.79 Å². The van der Waals surface area contributed by atoms with E-state index < -0.39 is 0 Å². The molecule has 7 nitrogen and oxygen atoms in total. The Morgan fingerprint density at radius 2 is 1.73 bits per heavy atom. The minimum Gasteiger partial charge on any atom is -0.339 e. The van der Waals surface area contributed by atoms with E-state index in [4.69, 9.17) is 0 Å². The maximum atomic E-state index is 12.7. The summed E-state index contributed by atoms with van der Waals surface area (Å²) >= 11 is 0. The van der Waals surface area contributed by atoms with Crippen molar-refractivity contribution in [1.29, 1.82) is 0 Å². The molecule has 2 aromatic carbocycles. The zero-order chi connectivity index (χ0) is 20.9. The molecule has 4 aromatic rings. The van der Waals surface area contributed by atoms with E-state index in [0.717, 1.165) is 22.5 Å². The van der Waals surface area contributed by atoms with Crippen LogP contribution in [0.5, 0.6) is 0 Å². The van der Waals surface area contributed by atoms with Gasteiger partial charge in [-0.05, 0) is 48.7 Å². The molecule has 1 amide bonds. The Balaban J connectivity index is 1.35. The van der Waals surface area contributed by atoms with Crippen LogP contribution < -0.4 is 0 Å². The van der Waals surface area contributed by atoms with Crippen LogP contribution in [0.4, 0.5) is 0 Å². The standard InChI is InChI=1S/C23H24N6O/c1-18(20-9-11-22(12-10-20)29-17-24-16-26-29)27(2)23(30)13-8-19-14-25-28(15-19)21-6-4-3-5-7-21/h3-7,9-12,14-18H,8,13H2,1-2H3. The molecule has 0 aliphatic heterocycles. The molecule has 1 atom stereocenters. The smallest absolute Gasteiger partial charge is 0.223 e. The lowest BCUT2D eigenvalue weighted by Gasteiger charge is -2.25. The third kappa shape index (κ3) is 4.30. The van der Waals surface area contributed by atoms with Crippen LogP contribution in [-0.4, -0.2) is 42.4 Å². The third-order valence-electron chi connectivity index (χ3n) is 5.32. The highest BCUT2D eigenvalue weighted by atomic mass is 16.2. The van der Waals surface area contributed by atoms with Crippen molar-refractivity contribution < 1.29 is 4.79 Å². The van der Waals surface area contributed by atoms with Gasteiger partial charge in [-0.1, -0.05) is 30.3 Å². The summed E-state index contributed by atoms with van der Waals surface area (Å²) < 4.78 is 3.54. The summed E-state index contributed by atoms with van der Waals surface area (Å²) in [7, 11) is 1.85. The molecule has 0 bridgehead atoms. The Labute approximate surface area is 175 Å². The minimum absolute atomic E-state index is 0.0191. The Morgan fingerprint density at radius 3 is 2.43 bits per heavy atom. The molecule has 0 spiro atoms. The van der Waals surface area contributed by atoms with Crippen LogP contribution in [0.1, 0.15) is 30.5 Å². The monoisotopic (exact) mass is 400 g/mol. The first kappa shape index (κ1) is 19.6. The lowest BCUT2D eigenvalue weighted by Crippen LogP contribution is -2.29. The second-order valence-corrected chi connectivity index (χ2v) is 7.24. The fraction of sp³-hybridized carbons (Fsp3) is 0.217. The van der Waals surface area contributed by atoms with E-state index in [0.29, 0.717) is 12.8 Å². The number of rotatable bonds is 7. The van der Waals surface area contributed by atoms with Crippen LogP contribution in [-0.2, 0) is 11.2 Å². The van der Waals surface area contributed by atoms with Gasteiger partial charge < -0.3 is 4.90 Å². The Bertz CT molecular complexity index is 1090. The van der Waals surface area contributed by atoms with Crippen LogP contribution in [0.3, 0.4) is 0 Å². The average Bonchev–Trinajstić information content (AvgIpc) is 3.50. The van der Waals surface area contributed by atoms with Gasteiger partial charge in [0.25, 0.3) is 0 Å². The number of amides is 1. The lowest BCUT2D eigenvalue weighted by molar-refractivity contribution is -0.131. The molecular weight excluding hydrogens is 376 g/mol. The van der Waals surface area contributed by atoms with Gasteiger partial charge in [-0.3, -0.25) is 4.79 Å². The summed E-state index contributed by atoms with van der Waals surface area (Å²) in [5.41, 5.74) is 4.07. The summed E-state index contributed by atoms with van der Waals surface area (Å²) in [5, 5.41) is 8.53. The van der Waals surface area contributed by atoms with Crippen molar-refractivity contribution in [2.45, 2.75) is 25.8 Å². The highest BCUT2D eigenvalue weighted by Gasteiger charge is 2.17. The molecule has 0 saturated heterocycles. The average molecular weight is 400 g/mol. The van der Waals surface area contributed by atoms with Crippen LogP contribution in [0.15, 0.2) is 79.6 Å². The summed E-state index contributed by atoms with van der Waals surface area (Å²) in [6.07, 6.45) is 8.08. The van der Waals surface area contributed by atoms with E-state index >= 15 is 0 Å². The topological polar surface area (TPSA) is 68.8 Å². The van der Waals surface area contributed by atoms with Gasteiger partial charge in [0, 0.05) is 19.7 Å².